The average molecular weight is 414 g/mol. The first-order valence-electron chi connectivity index (χ1n) is 9.08. The van der Waals surface area contributed by atoms with Crippen LogP contribution in [0.1, 0.15) is 16.8 Å². The second-order valence-electron chi connectivity index (χ2n) is 6.58. The molecule has 0 spiro atoms. The Hall–Kier alpha value is -3.88. The molecular weight excluding hydrogens is 398 g/mol. The lowest BCUT2D eigenvalue weighted by Crippen LogP contribution is -2.20. The van der Waals surface area contributed by atoms with Gasteiger partial charge in [0.2, 0.25) is 0 Å². The molecule has 0 aliphatic carbocycles. The van der Waals surface area contributed by atoms with Crippen molar-refractivity contribution in [3.05, 3.63) is 106 Å². The number of fused-ring (bicyclic) bond motifs is 1. The Morgan fingerprint density at radius 3 is 2.57 bits per heavy atom. The molecular formula is C24H16ClN3O2. The fourth-order valence-electron chi connectivity index (χ4n) is 3.32. The fourth-order valence-corrected chi connectivity index (χ4v) is 3.49. The Balaban J connectivity index is 2.04. The van der Waals surface area contributed by atoms with Gasteiger partial charge in [0.25, 0.3) is 5.56 Å². The minimum atomic E-state index is -0.279. The van der Waals surface area contributed by atoms with E-state index < -0.39 is 0 Å². The van der Waals surface area contributed by atoms with Gasteiger partial charge in [0.15, 0.2) is 0 Å². The highest BCUT2D eigenvalue weighted by atomic mass is 35.5. The lowest BCUT2D eigenvalue weighted by molar-refractivity contribution is 0.413. The number of ether oxygens (including phenoxy) is 1. The van der Waals surface area contributed by atoms with E-state index in [0.717, 1.165) is 5.56 Å². The van der Waals surface area contributed by atoms with E-state index in [-0.39, 0.29) is 5.56 Å². The minimum Gasteiger partial charge on any atom is -0.496 e. The van der Waals surface area contributed by atoms with Gasteiger partial charge >= 0.3 is 0 Å². The van der Waals surface area contributed by atoms with Gasteiger partial charge in [0, 0.05) is 17.3 Å². The van der Waals surface area contributed by atoms with E-state index in [1.165, 1.54) is 10.6 Å². The second kappa shape index (κ2) is 7.86. The largest absolute Gasteiger partial charge is 0.496 e. The number of para-hydroxylation sites is 1. The van der Waals surface area contributed by atoms with Crippen molar-refractivity contribution in [2.45, 2.75) is 0 Å². The van der Waals surface area contributed by atoms with Crippen LogP contribution in [0.25, 0.3) is 22.3 Å². The summed E-state index contributed by atoms with van der Waals surface area (Å²) in [5.41, 5.74) is 3.41. The Bertz CT molecular complexity index is 1380. The van der Waals surface area contributed by atoms with Crippen molar-refractivity contribution in [1.29, 1.82) is 5.26 Å². The van der Waals surface area contributed by atoms with Crippen LogP contribution in [0.2, 0.25) is 5.02 Å². The maximum Gasteiger partial charge on any atom is 0.266 e. The quantitative estimate of drug-likeness (QED) is 0.474. The number of aromatic nitrogens is 2. The number of nitrogens with zero attached hydrogens (tertiary/aromatic N) is 3. The molecule has 0 bridgehead atoms. The van der Waals surface area contributed by atoms with Crippen molar-refractivity contribution in [2.24, 2.45) is 0 Å². The van der Waals surface area contributed by atoms with Gasteiger partial charge in [0.1, 0.15) is 11.4 Å². The molecule has 0 N–H and O–H groups in total. The van der Waals surface area contributed by atoms with Gasteiger partial charge < -0.3 is 4.74 Å². The molecule has 0 unspecified atom stereocenters. The van der Waals surface area contributed by atoms with Crippen LogP contribution >= 0.6 is 11.6 Å². The number of halogens is 1. The van der Waals surface area contributed by atoms with Gasteiger partial charge in [-0.15, -0.1) is 0 Å². The molecule has 0 aliphatic rings. The van der Waals surface area contributed by atoms with Gasteiger partial charge in [-0.05, 0) is 35.9 Å². The predicted molar refractivity (Wildman–Crippen MR) is 118 cm³/mol. The van der Waals surface area contributed by atoms with Crippen LogP contribution in [-0.4, -0.2) is 16.5 Å². The van der Waals surface area contributed by atoms with Gasteiger partial charge in [-0.1, -0.05) is 48.5 Å². The molecule has 0 aliphatic heterocycles. The van der Waals surface area contributed by atoms with E-state index in [4.69, 9.17) is 26.6 Å². The summed E-state index contributed by atoms with van der Waals surface area (Å²) in [6.45, 7) is 4.22. The Morgan fingerprint density at radius 1 is 1.13 bits per heavy atom. The topological polar surface area (TPSA) is 67.4 Å². The summed E-state index contributed by atoms with van der Waals surface area (Å²) in [6.07, 6.45) is 1.54. The van der Waals surface area contributed by atoms with E-state index >= 15 is 0 Å². The van der Waals surface area contributed by atoms with E-state index in [0.29, 0.717) is 44.4 Å². The smallest absolute Gasteiger partial charge is 0.266 e. The molecule has 2 aromatic carbocycles. The number of nitriles is 1. The third-order valence-electron chi connectivity index (χ3n) is 4.81. The van der Waals surface area contributed by atoms with Crippen LogP contribution in [-0.2, 0) is 0 Å². The number of methoxy groups -OCH3 is 1. The molecule has 0 fully saturated rings. The highest BCUT2D eigenvalue weighted by Gasteiger charge is 2.20. The summed E-state index contributed by atoms with van der Waals surface area (Å²) >= 11 is 6.11. The number of hydrogen-bond acceptors (Lipinski definition) is 4. The van der Waals surface area contributed by atoms with Crippen LogP contribution in [0.15, 0.2) is 78.2 Å². The SMILES string of the molecule is C=C(c1ccccc1OC)c1nc2ccc(Cl)cn2c(=O)c1-c1ccc(C#N)cc1. The molecule has 0 amide bonds. The van der Waals surface area contributed by atoms with Crippen LogP contribution < -0.4 is 10.3 Å². The molecule has 6 heteroatoms. The standard InChI is InChI=1S/C24H16ClN3O2/c1-15(19-5-3-4-6-20(19)30-2)23-22(17-9-7-16(13-26)8-10-17)24(29)28-14-18(25)11-12-21(28)27-23/h3-12,14H,1H2,2H3. The Labute approximate surface area is 178 Å². The molecule has 4 rings (SSSR count). The van der Waals surface area contributed by atoms with Crippen LogP contribution in [0.3, 0.4) is 0 Å². The normalized spacial score (nSPS) is 10.6. The summed E-state index contributed by atoms with van der Waals surface area (Å²) in [7, 11) is 1.58. The highest BCUT2D eigenvalue weighted by Crippen LogP contribution is 2.33. The van der Waals surface area contributed by atoms with E-state index in [1.807, 2.05) is 24.3 Å². The Morgan fingerprint density at radius 2 is 1.87 bits per heavy atom. The summed E-state index contributed by atoms with van der Waals surface area (Å²) in [6, 6.07) is 19.7. The first-order chi connectivity index (χ1) is 14.5. The summed E-state index contributed by atoms with van der Waals surface area (Å²) < 4.78 is 6.88. The number of pyridine rings is 1. The van der Waals surface area contributed by atoms with Gasteiger partial charge in [-0.2, -0.15) is 5.26 Å². The van der Waals surface area contributed by atoms with Crippen molar-refractivity contribution in [3.63, 3.8) is 0 Å². The lowest BCUT2D eigenvalue weighted by atomic mass is 9.95. The molecule has 30 heavy (non-hydrogen) atoms. The van der Waals surface area contributed by atoms with Gasteiger partial charge in [-0.25, -0.2) is 4.98 Å². The lowest BCUT2D eigenvalue weighted by Gasteiger charge is -2.15. The fraction of sp³-hybridized carbons (Fsp3) is 0.0417. The zero-order valence-electron chi connectivity index (χ0n) is 16.1. The molecule has 0 saturated carbocycles. The average Bonchev–Trinajstić information content (AvgIpc) is 2.79. The predicted octanol–water partition coefficient (Wildman–Crippen LogP) is 4.96. The Kier molecular flexibility index (Phi) is 5.09. The number of rotatable bonds is 4. The first-order valence-corrected chi connectivity index (χ1v) is 9.46. The molecule has 0 saturated heterocycles. The van der Waals surface area contributed by atoms with E-state index in [9.17, 15) is 4.79 Å². The summed E-state index contributed by atoms with van der Waals surface area (Å²) in [5.74, 6) is 0.631. The first kappa shape index (κ1) is 19.4. The molecule has 146 valence electrons. The van der Waals surface area contributed by atoms with E-state index in [2.05, 4.69) is 12.6 Å². The third kappa shape index (κ3) is 3.34. The summed E-state index contributed by atoms with van der Waals surface area (Å²) in [4.78, 5) is 18.2. The minimum absolute atomic E-state index is 0.279. The molecule has 4 aromatic rings. The summed E-state index contributed by atoms with van der Waals surface area (Å²) in [5, 5.41) is 9.53. The maximum atomic E-state index is 13.5. The zero-order chi connectivity index (χ0) is 21.3. The van der Waals surface area contributed by atoms with E-state index in [1.54, 1.807) is 43.5 Å². The van der Waals surface area contributed by atoms with Crippen molar-refractivity contribution in [3.8, 4) is 22.9 Å². The van der Waals surface area contributed by atoms with Crippen LogP contribution in [0.4, 0.5) is 0 Å². The van der Waals surface area contributed by atoms with Crippen LogP contribution in [0.5, 0.6) is 5.75 Å². The molecule has 2 aromatic heterocycles. The molecule has 0 atom stereocenters. The van der Waals surface area contributed by atoms with Crippen molar-refractivity contribution in [1.82, 2.24) is 9.38 Å². The number of hydrogen-bond donors (Lipinski definition) is 0. The second-order valence-corrected chi connectivity index (χ2v) is 7.02. The van der Waals surface area contributed by atoms with Crippen molar-refractivity contribution in [2.75, 3.05) is 7.11 Å². The van der Waals surface area contributed by atoms with Gasteiger partial charge in [0.05, 0.1) is 35.0 Å². The molecule has 2 heterocycles. The van der Waals surface area contributed by atoms with Crippen molar-refractivity contribution >= 4 is 22.8 Å². The van der Waals surface area contributed by atoms with Crippen LogP contribution in [0, 0.1) is 11.3 Å². The zero-order valence-corrected chi connectivity index (χ0v) is 16.8. The van der Waals surface area contributed by atoms with Crippen molar-refractivity contribution < 1.29 is 4.74 Å². The molecule has 5 nitrogen and oxygen atoms in total. The monoisotopic (exact) mass is 413 g/mol. The number of benzene rings is 2. The third-order valence-corrected chi connectivity index (χ3v) is 5.03. The maximum absolute atomic E-state index is 13.5. The van der Waals surface area contributed by atoms with Gasteiger partial charge in [-0.3, -0.25) is 9.20 Å². The highest BCUT2D eigenvalue weighted by molar-refractivity contribution is 6.30. The molecule has 0 radical (unpaired) electrons.